The number of benzene rings is 2. The Hall–Kier alpha value is -3.26. The first-order chi connectivity index (χ1) is 15.2. The van der Waals surface area contributed by atoms with E-state index in [0.717, 1.165) is 12.8 Å². The van der Waals surface area contributed by atoms with Gasteiger partial charge in [-0.2, -0.15) is 0 Å². The molecule has 1 saturated carbocycles. The Balaban J connectivity index is 1.79. The van der Waals surface area contributed by atoms with Crippen molar-refractivity contribution in [3.05, 3.63) is 74.3 Å². The van der Waals surface area contributed by atoms with Crippen molar-refractivity contribution in [2.75, 3.05) is 13.7 Å². The van der Waals surface area contributed by atoms with E-state index >= 15 is 0 Å². The Morgan fingerprint density at radius 2 is 1.94 bits per heavy atom. The highest BCUT2D eigenvalue weighted by molar-refractivity contribution is 6.31. The van der Waals surface area contributed by atoms with Gasteiger partial charge in [0.1, 0.15) is 5.54 Å². The molecule has 3 rings (SSSR count). The number of nitro groups is 1. The van der Waals surface area contributed by atoms with Gasteiger partial charge in [-0.05, 0) is 44.4 Å². The lowest BCUT2D eigenvalue weighted by atomic mass is 9.74. The average molecular weight is 459 g/mol. The quantitative estimate of drug-likeness (QED) is 0.364. The number of likely N-dealkylation sites (N-methyl/N-ethyl adjacent to an activating group) is 1. The van der Waals surface area contributed by atoms with Crippen molar-refractivity contribution in [2.24, 2.45) is 0 Å². The highest BCUT2D eigenvalue weighted by Gasteiger charge is 2.48. The van der Waals surface area contributed by atoms with Gasteiger partial charge < -0.3 is 9.64 Å². The fourth-order valence-electron chi connectivity index (χ4n) is 4.14. The van der Waals surface area contributed by atoms with Gasteiger partial charge >= 0.3 is 5.97 Å². The largest absolute Gasteiger partial charge is 0.452 e. The molecule has 0 spiro atoms. The number of ether oxygens (including phenoxy) is 1. The molecule has 0 aliphatic heterocycles. The maximum Gasteiger partial charge on any atom is 0.338 e. The summed E-state index contributed by atoms with van der Waals surface area (Å²) in [6, 6.07) is 10.8. The van der Waals surface area contributed by atoms with Gasteiger partial charge in [0.05, 0.1) is 10.5 Å². The fourth-order valence-corrected chi connectivity index (χ4v) is 4.43. The number of hydrogen-bond acceptors (Lipinski definition) is 6. The minimum atomic E-state index is -1.22. The molecule has 1 unspecified atom stereocenters. The van der Waals surface area contributed by atoms with Crippen LogP contribution < -0.4 is 0 Å². The molecule has 9 heteroatoms. The van der Waals surface area contributed by atoms with Crippen molar-refractivity contribution in [1.82, 2.24) is 4.90 Å². The first-order valence-electron chi connectivity index (χ1n) is 10.2. The molecule has 0 bridgehead atoms. The molecule has 1 aliphatic rings. The first kappa shape index (κ1) is 23.4. The van der Waals surface area contributed by atoms with E-state index in [-0.39, 0.29) is 17.0 Å². The fraction of sp³-hybridized carbons (Fsp3) is 0.348. The zero-order valence-corrected chi connectivity index (χ0v) is 18.6. The molecule has 0 radical (unpaired) electrons. The maximum absolute atomic E-state index is 13.1. The average Bonchev–Trinajstić information content (AvgIpc) is 2.77. The third kappa shape index (κ3) is 4.36. The second kappa shape index (κ2) is 9.48. The van der Waals surface area contributed by atoms with E-state index < -0.39 is 28.9 Å². The van der Waals surface area contributed by atoms with E-state index in [4.69, 9.17) is 16.3 Å². The smallest absolute Gasteiger partial charge is 0.338 e. The summed E-state index contributed by atoms with van der Waals surface area (Å²) < 4.78 is 5.16. The van der Waals surface area contributed by atoms with Gasteiger partial charge in [0.25, 0.3) is 11.6 Å². The lowest BCUT2D eigenvalue weighted by Gasteiger charge is -2.43. The highest BCUT2D eigenvalue weighted by Crippen LogP contribution is 2.42. The summed E-state index contributed by atoms with van der Waals surface area (Å²) in [6.07, 6.45) is 2.23. The summed E-state index contributed by atoms with van der Waals surface area (Å²) in [4.78, 5) is 50.2. The van der Waals surface area contributed by atoms with E-state index in [0.29, 0.717) is 29.0 Å². The predicted molar refractivity (Wildman–Crippen MR) is 117 cm³/mol. The normalized spacial score (nSPS) is 18.2. The SMILES string of the molecule is Cc1cc(C(=O)OCC(=O)N(C)C2(c3ccccc3Cl)CCCCC2=O)ccc1[N+](=O)[O-]. The van der Waals surface area contributed by atoms with Crippen molar-refractivity contribution in [3.63, 3.8) is 0 Å². The summed E-state index contributed by atoms with van der Waals surface area (Å²) in [7, 11) is 1.51. The van der Waals surface area contributed by atoms with Crippen LogP contribution in [0, 0.1) is 17.0 Å². The molecule has 0 heterocycles. The van der Waals surface area contributed by atoms with E-state index in [9.17, 15) is 24.5 Å². The zero-order valence-electron chi connectivity index (χ0n) is 17.8. The zero-order chi connectivity index (χ0) is 23.5. The second-order valence-corrected chi connectivity index (χ2v) is 8.16. The van der Waals surface area contributed by atoms with Crippen LogP contribution in [-0.2, 0) is 19.9 Å². The van der Waals surface area contributed by atoms with Gasteiger partial charge in [-0.1, -0.05) is 29.8 Å². The van der Waals surface area contributed by atoms with Crippen LogP contribution in [0.3, 0.4) is 0 Å². The molecular formula is C23H23ClN2O6. The van der Waals surface area contributed by atoms with Gasteiger partial charge in [-0.15, -0.1) is 0 Å². The Labute approximate surface area is 190 Å². The molecular weight excluding hydrogens is 436 g/mol. The summed E-state index contributed by atoms with van der Waals surface area (Å²) in [6.45, 7) is 0.931. The number of hydrogen-bond donors (Lipinski definition) is 0. The van der Waals surface area contributed by atoms with Crippen LogP contribution in [0.15, 0.2) is 42.5 Å². The molecule has 0 aromatic heterocycles. The summed E-state index contributed by atoms with van der Waals surface area (Å²) in [5, 5.41) is 11.3. The molecule has 0 saturated heterocycles. The number of aryl methyl sites for hydroxylation is 1. The van der Waals surface area contributed by atoms with Crippen molar-refractivity contribution in [3.8, 4) is 0 Å². The third-order valence-electron chi connectivity index (χ3n) is 5.88. The molecule has 0 N–H and O–H groups in total. The Bertz CT molecular complexity index is 1090. The molecule has 1 fully saturated rings. The van der Waals surface area contributed by atoms with E-state index in [2.05, 4.69) is 0 Å². The molecule has 1 aliphatic carbocycles. The third-order valence-corrected chi connectivity index (χ3v) is 6.21. The molecule has 8 nitrogen and oxygen atoms in total. The van der Waals surface area contributed by atoms with Gasteiger partial charge in [-0.3, -0.25) is 19.7 Å². The van der Waals surface area contributed by atoms with Gasteiger partial charge in [0.2, 0.25) is 0 Å². The van der Waals surface area contributed by atoms with Crippen LogP contribution in [0.4, 0.5) is 5.69 Å². The van der Waals surface area contributed by atoms with Crippen LogP contribution in [0.25, 0.3) is 0 Å². The number of carbonyl (C=O) groups is 3. The molecule has 32 heavy (non-hydrogen) atoms. The number of ketones is 1. The van der Waals surface area contributed by atoms with Crippen molar-refractivity contribution in [1.29, 1.82) is 0 Å². The van der Waals surface area contributed by atoms with Crippen LogP contribution in [0.2, 0.25) is 5.02 Å². The van der Waals surface area contributed by atoms with Gasteiger partial charge in [0.15, 0.2) is 12.4 Å². The van der Waals surface area contributed by atoms with Crippen molar-refractivity contribution in [2.45, 2.75) is 38.1 Å². The second-order valence-electron chi connectivity index (χ2n) is 7.76. The van der Waals surface area contributed by atoms with E-state index in [1.54, 1.807) is 24.3 Å². The van der Waals surface area contributed by atoms with Crippen LogP contribution in [0.1, 0.15) is 47.2 Å². The lowest BCUT2D eigenvalue weighted by Crippen LogP contribution is -2.55. The first-order valence-corrected chi connectivity index (χ1v) is 10.5. The predicted octanol–water partition coefficient (Wildman–Crippen LogP) is 4.21. The molecule has 2 aromatic rings. The Kier molecular flexibility index (Phi) is 6.93. The Morgan fingerprint density at radius 1 is 1.22 bits per heavy atom. The van der Waals surface area contributed by atoms with Crippen LogP contribution in [-0.4, -0.2) is 41.1 Å². The highest BCUT2D eigenvalue weighted by atomic mass is 35.5. The minimum Gasteiger partial charge on any atom is -0.452 e. The number of halogens is 1. The number of rotatable bonds is 6. The van der Waals surface area contributed by atoms with Crippen LogP contribution in [0.5, 0.6) is 0 Å². The van der Waals surface area contributed by atoms with E-state index in [1.807, 2.05) is 0 Å². The maximum atomic E-state index is 13.1. The molecule has 168 valence electrons. The number of carbonyl (C=O) groups excluding carboxylic acids is 3. The van der Waals surface area contributed by atoms with Gasteiger partial charge in [-0.25, -0.2) is 4.79 Å². The minimum absolute atomic E-state index is 0.0955. The van der Waals surface area contributed by atoms with Crippen LogP contribution >= 0.6 is 11.6 Å². The number of amides is 1. The summed E-state index contributed by atoms with van der Waals surface area (Å²) >= 11 is 6.40. The van der Waals surface area contributed by atoms with Gasteiger partial charge in [0, 0.05) is 35.7 Å². The summed E-state index contributed by atoms with van der Waals surface area (Å²) in [5.74, 6) is -1.44. The molecule has 1 atom stereocenters. The lowest BCUT2D eigenvalue weighted by molar-refractivity contribution is -0.385. The number of nitrogens with zero attached hydrogens (tertiary/aromatic N) is 2. The number of nitro benzene ring substituents is 1. The number of esters is 1. The molecule has 2 aromatic carbocycles. The topological polar surface area (TPSA) is 107 Å². The van der Waals surface area contributed by atoms with E-state index in [1.165, 1.54) is 37.1 Å². The Morgan fingerprint density at radius 3 is 2.56 bits per heavy atom. The number of Topliss-reactive ketones (excluding diaryl/α,β-unsaturated/α-hetero) is 1. The van der Waals surface area contributed by atoms with Crippen molar-refractivity contribution >= 4 is 34.9 Å². The van der Waals surface area contributed by atoms with Crippen molar-refractivity contribution < 1.29 is 24.0 Å². The monoisotopic (exact) mass is 458 g/mol. The summed E-state index contributed by atoms with van der Waals surface area (Å²) in [5.41, 5.74) is -0.379. The molecule has 1 amide bonds. The standard InChI is InChI=1S/C23H23ClN2O6/c1-15-13-16(10-11-19(15)26(30)31)22(29)32-14-21(28)25(2)23(12-6-5-9-20(23)27)17-7-3-4-8-18(17)24/h3-4,7-8,10-11,13H,5-6,9,12,14H2,1-2H3.